The number of nitrogens with two attached hydrogens (primary N) is 1. The predicted molar refractivity (Wildman–Crippen MR) is 102 cm³/mol. The zero-order valence-corrected chi connectivity index (χ0v) is 15.7. The van der Waals surface area contributed by atoms with Gasteiger partial charge in [-0.05, 0) is 29.8 Å². The number of methoxy groups -OCH3 is 1. The second kappa shape index (κ2) is 8.42. The van der Waals surface area contributed by atoms with Crippen LogP contribution in [0.4, 0.5) is 16.2 Å². The summed E-state index contributed by atoms with van der Waals surface area (Å²) in [6, 6.07) is 12.8. The van der Waals surface area contributed by atoms with E-state index in [0.717, 1.165) is 0 Å². The summed E-state index contributed by atoms with van der Waals surface area (Å²) in [5.74, 6) is -1.54. The van der Waals surface area contributed by atoms with E-state index in [2.05, 4.69) is 0 Å². The topological polar surface area (TPSA) is 119 Å². The Morgan fingerprint density at radius 2 is 1.72 bits per heavy atom. The number of amides is 4. The van der Waals surface area contributed by atoms with Crippen molar-refractivity contribution in [3.05, 3.63) is 54.1 Å². The van der Waals surface area contributed by atoms with Crippen molar-refractivity contribution in [3.8, 4) is 5.75 Å². The number of carbonyl (C=O) groups is 4. The molecule has 0 saturated carbocycles. The fraction of sp³-hybridized carbons (Fsp3) is 0.200. The molecule has 9 nitrogen and oxygen atoms in total. The zero-order valence-electron chi connectivity index (χ0n) is 15.7. The quantitative estimate of drug-likeness (QED) is 0.745. The smallest absolute Gasteiger partial charge is 0.337 e. The maximum atomic E-state index is 12.1. The summed E-state index contributed by atoms with van der Waals surface area (Å²) in [6.45, 7) is 0. The number of hydroxylamine groups is 2. The molecule has 0 aromatic heterocycles. The van der Waals surface area contributed by atoms with E-state index in [-0.39, 0.29) is 19.3 Å². The Balaban J connectivity index is 1.81. The number of primary amides is 1. The average Bonchev–Trinajstić information content (AvgIpc) is 3.01. The Hall–Kier alpha value is -3.88. The molecule has 0 radical (unpaired) electrons. The number of carbonyl (C=O) groups excluding carboxylic acids is 4. The Labute approximate surface area is 166 Å². The minimum absolute atomic E-state index is 0.0249. The van der Waals surface area contributed by atoms with Gasteiger partial charge in [-0.25, -0.2) is 9.59 Å². The highest BCUT2D eigenvalue weighted by Crippen LogP contribution is 2.34. The van der Waals surface area contributed by atoms with E-state index in [1.165, 1.54) is 12.0 Å². The number of hydrogen-bond donors (Lipinski definition) is 1. The lowest BCUT2D eigenvalue weighted by molar-refractivity contribution is -0.197. The summed E-state index contributed by atoms with van der Waals surface area (Å²) in [6.07, 6.45) is -0.149. The third-order valence-corrected chi connectivity index (χ3v) is 4.27. The number of anilines is 2. The summed E-state index contributed by atoms with van der Waals surface area (Å²) < 4.78 is 5.37. The van der Waals surface area contributed by atoms with Crippen molar-refractivity contribution in [2.75, 3.05) is 12.0 Å². The fourth-order valence-electron chi connectivity index (χ4n) is 2.94. The van der Waals surface area contributed by atoms with E-state index in [0.29, 0.717) is 27.8 Å². The molecule has 29 heavy (non-hydrogen) atoms. The largest absolute Gasteiger partial charge is 0.495 e. The Kier molecular flexibility index (Phi) is 5.77. The first kappa shape index (κ1) is 19.9. The zero-order chi connectivity index (χ0) is 21.0. The first-order valence-corrected chi connectivity index (χ1v) is 8.79. The summed E-state index contributed by atoms with van der Waals surface area (Å²) >= 11 is 0. The van der Waals surface area contributed by atoms with Gasteiger partial charge in [0.25, 0.3) is 11.8 Å². The second-order valence-corrected chi connectivity index (χ2v) is 6.24. The van der Waals surface area contributed by atoms with Gasteiger partial charge in [-0.15, -0.1) is 5.06 Å². The van der Waals surface area contributed by atoms with Crippen LogP contribution in [0.1, 0.15) is 18.4 Å². The highest BCUT2D eigenvalue weighted by atomic mass is 16.7. The van der Waals surface area contributed by atoms with Crippen LogP contribution in [0, 0.1) is 0 Å². The van der Waals surface area contributed by atoms with Gasteiger partial charge in [0.15, 0.2) is 0 Å². The minimum atomic E-state index is -0.766. The number of nitrogens with zero attached hydrogens (tertiary/aromatic N) is 2. The first-order chi connectivity index (χ1) is 13.9. The van der Waals surface area contributed by atoms with E-state index >= 15 is 0 Å². The molecule has 2 aromatic carbocycles. The molecule has 4 amide bonds. The lowest BCUT2D eigenvalue weighted by Gasteiger charge is -2.23. The molecule has 1 aliphatic rings. The molecule has 150 valence electrons. The van der Waals surface area contributed by atoms with Gasteiger partial charge in [0, 0.05) is 12.8 Å². The number of ether oxygens (including phenoxy) is 1. The lowest BCUT2D eigenvalue weighted by Crippen LogP contribution is -2.32. The lowest BCUT2D eigenvalue weighted by atomic mass is 10.1. The maximum Gasteiger partial charge on any atom is 0.337 e. The molecule has 1 saturated heterocycles. The number of hydrogen-bond acceptors (Lipinski definition) is 6. The number of para-hydroxylation sites is 1. The van der Waals surface area contributed by atoms with Gasteiger partial charge in [-0.3, -0.25) is 14.5 Å². The molecule has 2 N–H and O–H groups in total. The summed E-state index contributed by atoms with van der Waals surface area (Å²) in [5, 5.41) is 0.498. The standard InChI is InChI=1S/C20H19N3O6/c1-28-16-11-13(12-19(26)29-23-17(24)9-10-18(23)25)7-8-15(16)22(20(21)27)14-5-3-2-4-6-14/h2-8,11H,9-10,12H2,1H3,(H2,21,27). The van der Waals surface area contributed by atoms with E-state index < -0.39 is 23.8 Å². The van der Waals surface area contributed by atoms with Crippen LogP contribution in [-0.4, -0.2) is 36.0 Å². The fourth-order valence-corrected chi connectivity index (χ4v) is 2.94. The molecule has 2 aromatic rings. The molecule has 1 aliphatic heterocycles. The average molecular weight is 397 g/mol. The van der Waals surface area contributed by atoms with Gasteiger partial charge in [-0.2, -0.15) is 0 Å². The van der Waals surface area contributed by atoms with Gasteiger partial charge < -0.3 is 15.3 Å². The van der Waals surface area contributed by atoms with Crippen molar-refractivity contribution in [2.45, 2.75) is 19.3 Å². The number of urea groups is 1. The summed E-state index contributed by atoms with van der Waals surface area (Å²) in [5.41, 5.74) is 7.00. The minimum Gasteiger partial charge on any atom is -0.495 e. The van der Waals surface area contributed by atoms with Crippen molar-refractivity contribution < 1.29 is 28.8 Å². The molecule has 9 heteroatoms. The third-order valence-electron chi connectivity index (χ3n) is 4.27. The number of imide groups is 1. The molecule has 3 rings (SSSR count). The van der Waals surface area contributed by atoms with Crippen molar-refractivity contribution in [3.63, 3.8) is 0 Å². The van der Waals surface area contributed by atoms with E-state index in [1.807, 2.05) is 6.07 Å². The maximum absolute atomic E-state index is 12.1. The van der Waals surface area contributed by atoms with Gasteiger partial charge in [0.1, 0.15) is 5.75 Å². The molecule has 0 atom stereocenters. The van der Waals surface area contributed by atoms with Gasteiger partial charge in [-0.1, -0.05) is 24.3 Å². The highest BCUT2D eigenvalue weighted by Gasteiger charge is 2.32. The van der Waals surface area contributed by atoms with Crippen LogP contribution in [0.25, 0.3) is 0 Å². The molecule has 0 unspecified atom stereocenters. The monoisotopic (exact) mass is 397 g/mol. The molecule has 0 spiro atoms. The molecule has 1 heterocycles. The van der Waals surface area contributed by atoms with Crippen LogP contribution in [0.15, 0.2) is 48.5 Å². The van der Waals surface area contributed by atoms with Crippen molar-refractivity contribution >= 4 is 35.2 Å². The predicted octanol–water partition coefficient (Wildman–Crippen LogP) is 2.06. The van der Waals surface area contributed by atoms with Crippen molar-refractivity contribution in [2.24, 2.45) is 5.73 Å². The number of benzene rings is 2. The van der Waals surface area contributed by atoms with Gasteiger partial charge >= 0.3 is 12.0 Å². The van der Waals surface area contributed by atoms with Crippen LogP contribution < -0.4 is 15.4 Å². The highest BCUT2D eigenvalue weighted by molar-refractivity contribution is 6.02. The van der Waals surface area contributed by atoms with E-state index in [4.69, 9.17) is 15.3 Å². The van der Waals surface area contributed by atoms with Crippen LogP contribution in [0.5, 0.6) is 5.75 Å². The SMILES string of the molecule is COc1cc(CC(=O)ON2C(=O)CCC2=O)ccc1N(C(N)=O)c1ccccc1. The van der Waals surface area contributed by atoms with E-state index in [1.54, 1.807) is 42.5 Å². The van der Waals surface area contributed by atoms with E-state index in [9.17, 15) is 19.2 Å². The van der Waals surface area contributed by atoms with Crippen LogP contribution in [0.3, 0.4) is 0 Å². The second-order valence-electron chi connectivity index (χ2n) is 6.24. The Morgan fingerprint density at radius 1 is 1.07 bits per heavy atom. The van der Waals surface area contributed by atoms with Crippen LogP contribution in [-0.2, 0) is 25.6 Å². The third kappa shape index (κ3) is 4.34. The molecule has 1 fully saturated rings. The van der Waals surface area contributed by atoms with Crippen LogP contribution in [0.2, 0.25) is 0 Å². The Bertz CT molecular complexity index is 944. The first-order valence-electron chi connectivity index (χ1n) is 8.79. The van der Waals surface area contributed by atoms with Crippen LogP contribution >= 0.6 is 0 Å². The summed E-state index contributed by atoms with van der Waals surface area (Å²) in [7, 11) is 1.42. The van der Waals surface area contributed by atoms with Gasteiger partial charge in [0.05, 0.1) is 24.9 Å². The number of rotatable bonds is 6. The molecular weight excluding hydrogens is 378 g/mol. The van der Waals surface area contributed by atoms with Crippen molar-refractivity contribution in [1.29, 1.82) is 0 Å². The molecule has 0 aliphatic carbocycles. The molecule has 0 bridgehead atoms. The normalized spacial score (nSPS) is 13.3. The molecular formula is C20H19N3O6. The Morgan fingerprint density at radius 3 is 2.31 bits per heavy atom. The van der Waals surface area contributed by atoms with Crippen molar-refractivity contribution in [1.82, 2.24) is 5.06 Å². The summed E-state index contributed by atoms with van der Waals surface area (Å²) in [4.78, 5) is 53.4. The van der Waals surface area contributed by atoms with Gasteiger partial charge in [0.2, 0.25) is 0 Å².